The molecule has 0 radical (unpaired) electrons. The van der Waals surface area contributed by atoms with Crippen LogP contribution in [0.1, 0.15) is 27.5 Å². The monoisotopic (exact) mass is 415 g/mol. The van der Waals surface area contributed by atoms with E-state index in [1.165, 1.54) is 11.3 Å². The number of hydrogen-bond donors (Lipinski definition) is 2. The van der Waals surface area contributed by atoms with Crippen LogP contribution in [0.4, 0.5) is 0 Å². The third-order valence-corrected chi connectivity index (χ3v) is 5.73. The fraction of sp³-hybridized carbons (Fsp3) is 0.214. The summed E-state index contributed by atoms with van der Waals surface area (Å²) in [5.41, 5.74) is 2.67. The fourth-order valence-corrected chi connectivity index (χ4v) is 5.26. The zero-order chi connectivity index (χ0) is 14.3. The van der Waals surface area contributed by atoms with Gasteiger partial charge >= 0.3 is 0 Å². The Kier molecular flexibility index (Phi) is 3.99. The van der Waals surface area contributed by atoms with Gasteiger partial charge in [0, 0.05) is 6.42 Å². The number of fused-ring (bicyclic) bond motifs is 1. The zero-order valence-corrected chi connectivity index (χ0v) is 14.3. The minimum atomic E-state index is -0.572. The van der Waals surface area contributed by atoms with Gasteiger partial charge in [0.1, 0.15) is 0 Å². The molecule has 3 rings (SSSR count). The first-order chi connectivity index (χ1) is 9.56. The van der Waals surface area contributed by atoms with E-state index in [2.05, 4.69) is 37.2 Å². The normalized spacial score (nSPS) is 20.8. The van der Waals surface area contributed by atoms with E-state index >= 15 is 0 Å². The molecular formula is C14H11Br2NO2S. The quantitative estimate of drug-likeness (QED) is 0.784. The van der Waals surface area contributed by atoms with Gasteiger partial charge in [0.05, 0.1) is 25.3 Å². The Morgan fingerprint density at radius 1 is 1.35 bits per heavy atom. The smallest absolute Gasteiger partial charge is 0.253 e. The van der Waals surface area contributed by atoms with Gasteiger partial charge < -0.3 is 10.4 Å². The molecule has 2 atom stereocenters. The van der Waals surface area contributed by atoms with Crippen molar-refractivity contribution in [3.05, 3.63) is 54.6 Å². The zero-order valence-electron chi connectivity index (χ0n) is 10.3. The Morgan fingerprint density at radius 3 is 2.80 bits per heavy atom. The van der Waals surface area contributed by atoms with E-state index in [-0.39, 0.29) is 11.9 Å². The lowest BCUT2D eigenvalue weighted by Gasteiger charge is -2.17. The van der Waals surface area contributed by atoms with Crippen LogP contribution < -0.4 is 5.32 Å². The Morgan fingerprint density at radius 2 is 2.10 bits per heavy atom. The van der Waals surface area contributed by atoms with Gasteiger partial charge in [-0.15, -0.1) is 11.3 Å². The van der Waals surface area contributed by atoms with E-state index in [1.807, 2.05) is 24.3 Å². The highest BCUT2D eigenvalue weighted by atomic mass is 79.9. The molecular weight excluding hydrogens is 406 g/mol. The summed E-state index contributed by atoms with van der Waals surface area (Å²) in [4.78, 5) is 12.3. The average molecular weight is 417 g/mol. The molecule has 0 unspecified atom stereocenters. The van der Waals surface area contributed by atoms with E-state index in [0.29, 0.717) is 12.0 Å². The molecule has 1 aliphatic carbocycles. The maximum atomic E-state index is 12.3. The van der Waals surface area contributed by atoms with Crippen molar-refractivity contribution >= 4 is 49.1 Å². The lowest BCUT2D eigenvalue weighted by molar-refractivity contribution is 0.0858. The second kappa shape index (κ2) is 5.60. The van der Waals surface area contributed by atoms with E-state index in [1.54, 1.807) is 6.07 Å². The molecule has 104 valence electrons. The van der Waals surface area contributed by atoms with Gasteiger partial charge in [-0.25, -0.2) is 0 Å². The maximum absolute atomic E-state index is 12.3. The van der Waals surface area contributed by atoms with Crippen molar-refractivity contribution < 1.29 is 9.90 Å². The van der Waals surface area contributed by atoms with Gasteiger partial charge in [-0.3, -0.25) is 4.79 Å². The van der Waals surface area contributed by atoms with Crippen LogP contribution >= 0.6 is 43.2 Å². The van der Waals surface area contributed by atoms with E-state index in [9.17, 15) is 9.90 Å². The van der Waals surface area contributed by atoms with Crippen molar-refractivity contribution in [3.8, 4) is 0 Å². The summed E-state index contributed by atoms with van der Waals surface area (Å²) in [6, 6.07) is 9.24. The topological polar surface area (TPSA) is 49.3 Å². The number of thiophene rings is 1. The van der Waals surface area contributed by atoms with E-state index in [0.717, 1.165) is 18.7 Å². The molecule has 0 saturated carbocycles. The van der Waals surface area contributed by atoms with Crippen LogP contribution in [0.15, 0.2) is 37.9 Å². The van der Waals surface area contributed by atoms with Crippen LogP contribution in [0.25, 0.3) is 0 Å². The van der Waals surface area contributed by atoms with Gasteiger partial charge in [-0.05, 0) is 49.1 Å². The average Bonchev–Trinajstić information content (AvgIpc) is 2.90. The Bertz CT molecular complexity index is 671. The molecule has 3 nitrogen and oxygen atoms in total. The summed E-state index contributed by atoms with van der Waals surface area (Å²) in [5, 5.41) is 13.1. The number of amides is 1. The van der Waals surface area contributed by atoms with Crippen molar-refractivity contribution in [2.24, 2.45) is 0 Å². The molecule has 1 aromatic carbocycles. The van der Waals surface area contributed by atoms with Gasteiger partial charge in [0.15, 0.2) is 0 Å². The lowest BCUT2D eigenvalue weighted by atomic mass is 10.1. The third kappa shape index (κ3) is 2.57. The summed E-state index contributed by atoms with van der Waals surface area (Å²) < 4.78 is 1.67. The van der Waals surface area contributed by atoms with Crippen LogP contribution in [0.3, 0.4) is 0 Å². The Balaban J connectivity index is 1.85. The molecule has 1 amide bonds. The van der Waals surface area contributed by atoms with Gasteiger partial charge in [0.2, 0.25) is 0 Å². The first kappa shape index (κ1) is 14.3. The second-order valence-electron chi connectivity index (χ2n) is 4.66. The molecule has 2 N–H and O–H groups in total. The Hall–Kier alpha value is -0.690. The molecule has 1 heterocycles. The molecule has 0 saturated heterocycles. The minimum absolute atomic E-state index is 0.181. The number of carbonyl (C=O) groups excluding carboxylic acids is 1. The highest BCUT2D eigenvalue weighted by Gasteiger charge is 2.32. The second-order valence-corrected chi connectivity index (χ2v) is 8.41. The van der Waals surface area contributed by atoms with E-state index < -0.39 is 6.10 Å². The number of nitrogens with one attached hydrogen (secondary N) is 1. The molecule has 0 fully saturated rings. The van der Waals surface area contributed by atoms with Crippen LogP contribution in [0, 0.1) is 0 Å². The van der Waals surface area contributed by atoms with Crippen LogP contribution in [-0.2, 0) is 6.42 Å². The first-order valence-corrected chi connectivity index (χ1v) is 8.48. The molecule has 0 spiro atoms. The predicted molar refractivity (Wildman–Crippen MR) is 86.1 cm³/mol. The van der Waals surface area contributed by atoms with Crippen molar-refractivity contribution in [2.75, 3.05) is 0 Å². The van der Waals surface area contributed by atoms with Crippen LogP contribution in [-0.4, -0.2) is 17.1 Å². The third-order valence-electron chi connectivity index (χ3n) is 3.39. The van der Waals surface area contributed by atoms with Crippen molar-refractivity contribution in [3.63, 3.8) is 0 Å². The van der Waals surface area contributed by atoms with E-state index in [4.69, 9.17) is 0 Å². The molecule has 2 aromatic rings. The summed E-state index contributed by atoms with van der Waals surface area (Å²) in [6.45, 7) is 0. The summed E-state index contributed by atoms with van der Waals surface area (Å²) >= 11 is 8.19. The molecule has 1 aliphatic rings. The molecule has 1 aromatic heterocycles. The molecule has 0 bridgehead atoms. The minimum Gasteiger partial charge on any atom is -0.390 e. The number of halogens is 2. The van der Waals surface area contributed by atoms with Crippen LogP contribution in [0.2, 0.25) is 0 Å². The number of aliphatic hydroxyl groups excluding tert-OH is 1. The van der Waals surface area contributed by atoms with Gasteiger partial charge in [0.25, 0.3) is 5.91 Å². The van der Waals surface area contributed by atoms with Gasteiger partial charge in [-0.1, -0.05) is 24.3 Å². The fourth-order valence-electron chi connectivity index (χ4n) is 2.46. The lowest BCUT2D eigenvalue weighted by Crippen LogP contribution is -2.33. The van der Waals surface area contributed by atoms with Gasteiger partial charge in [-0.2, -0.15) is 0 Å². The van der Waals surface area contributed by atoms with Crippen LogP contribution in [0.5, 0.6) is 0 Å². The molecule has 20 heavy (non-hydrogen) atoms. The highest BCUT2D eigenvalue weighted by molar-refractivity contribution is 9.12. The summed E-state index contributed by atoms with van der Waals surface area (Å²) in [5.74, 6) is -0.181. The number of hydrogen-bond acceptors (Lipinski definition) is 3. The maximum Gasteiger partial charge on any atom is 0.253 e. The number of aliphatic hydroxyl groups is 1. The Labute approximate surface area is 137 Å². The standard InChI is InChI=1S/C14H11Br2NO2S/c15-11-6-9(13(16)20-11)14(19)17-12-8-4-2-1-3-7(8)5-10(12)18/h1-4,6,10,12,18H,5H2,(H,17,19)/t10-,12+/m1/s1. The predicted octanol–water partition coefficient (Wildman–Crippen LogP) is 3.66. The molecule has 0 aliphatic heterocycles. The first-order valence-electron chi connectivity index (χ1n) is 6.08. The summed E-state index contributed by atoms with van der Waals surface area (Å²) in [7, 11) is 0. The van der Waals surface area contributed by atoms with Crippen molar-refractivity contribution in [1.29, 1.82) is 0 Å². The summed E-state index contributed by atoms with van der Waals surface area (Å²) in [6.07, 6.45) is 0.00695. The SMILES string of the molecule is O=C(N[C@H]1c2ccccc2C[C@H]1O)c1cc(Br)sc1Br. The number of carbonyl (C=O) groups is 1. The number of benzene rings is 1. The van der Waals surface area contributed by atoms with Crippen molar-refractivity contribution in [2.45, 2.75) is 18.6 Å². The largest absolute Gasteiger partial charge is 0.390 e. The molecule has 6 heteroatoms. The van der Waals surface area contributed by atoms with Crippen molar-refractivity contribution in [1.82, 2.24) is 5.32 Å². The highest BCUT2D eigenvalue weighted by Crippen LogP contribution is 2.34. The number of rotatable bonds is 2.